The number of anilines is 3. The summed E-state index contributed by atoms with van der Waals surface area (Å²) >= 11 is 0. The second-order valence-corrected chi connectivity index (χ2v) is 14.0. The molecule has 0 fully saturated rings. The summed E-state index contributed by atoms with van der Waals surface area (Å²) in [6.07, 6.45) is 0. The molecule has 0 N–H and O–H groups in total. The first kappa shape index (κ1) is 32.4. The standard InChI is InChI=1S/C54H37N/c1-3-17-39(18-4-1)47-30-16-32-53(54(47)41-20-5-2-6-21-41)55(43-35-33-40(34-36-43)45-29-15-23-38-19-7-9-24-44(38)45)52-31-14-13-28-50(52)51-37-42-22-8-10-25-46(42)48-26-11-12-27-49(48)51/h1-37H. The molecule has 0 saturated heterocycles. The molecule has 10 aromatic rings. The zero-order chi connectivity index (χ0) is 36.6. The lowest BCUT2D eigenvalue weighted by Crippen LogP contribution is -2.13. The van der Waals surface area contributed by atoms with Crippen LogP contribution in [0.15, 0.2) is 224 Å². The van der Waals surface area contributed by atoms with Gasteiger partial charge in [0.2, 0.25) is 0 Å². The quantitative estimate of drug-likeness (QED) is 0.150. The molecule has 0 bridgehead atoms. The third-order valence-electron chi connectivity index (χ3n) is 10.9. The van der Waals surface area contributed by atoms with Gasteiger partial charge in [-0.05, 0) is 96.0 Å². The van der Waals surface area contributed by atoms with Crippen LogP contribution in [0.25, 0.3) is 76.8 Å². The fourth-order valence-corrected chi connectivity index (χ4v) is 8.34. The Balaban J connectivity index is 1.25. The zero-order valence-electron chi connectivity index (χ0n) is 30.3. The van der Waals surface area contributed by atoms with Crippen molar-refractivity contribution >= 4 is 49.4 Å². The van der Waals surface area contributed by atoms with Crippen LogP contribution in [0.5, 0.6) is 0 Å². The van der Waals surface area contributed by atoms with Gasteiger partial charge in [0.15, 0.2) is 0 Å². The molecule has 0 aliphatic carbocycles. The molecule has 0 amide bonds. The van der Waals surface area contributed by atoms with Crippen molar-refractivity contribution in [1.82, 2.24) is 0 Å². The van der Waals surface area contributed by atoms with E-state index >= 15 is 0 Å². The summed E-state index contributed by atoms with van der Waals surface area (Å²) in [6, 6.07) is 81.5. The highest BCUT2D eigenvalue weighted by Gasteiger charge is 2.24. The van der Waals surface area contributed by atoms with Gasteiger partial charge in [0, 0.05) is 16.8 Å². The van der Waals surface area contributed by atoms with Crippen LogP contribution in [0.1, 0.15) is 0 Å². The second kappa shape index (κ2) is 14.0. The molecule has 0 spiro atoms. The topological polar surface area (TPSA) is 3.24 Å². The Bertz CT molecular complexity index is 2960. The van der Waals surface area contributed by atoms with Crippen molar-refractivity contribution in [3.05, 3.63) is 224 Å². The molecule has 0 aliphatic rings. The van der Waals surface area contributed by atoms with E-state index < -0.39 is 0 Å². The minimum absolute atomic E-state index is 1.09. The highest BCUT2D eigenvalue weighted by molar-refractivity contribution is 6.15. The predicted octanol–water partition coefficient (Wildman–Crippen LogP) is 15.3. The summed E-state index contributed by atoms with van der Waals surface area (Å²) in [5, 5.41) is 7.49. The molecule has 10 aromatic carbocycles. The molecule has 0 saturated carbocycles. The van der Waals surface area contributed by atoms with Gasteiger partial charge < -0.3 is 4.90 Å². The van der Waals surface area contributed by atoms with Gasteiger partial charge in [-0.25, -0.2) is 0 Å². The van der Waals surface area contributed by atoms with Crippen LogP contribution in [0, 0.1) is 0 Å². The van der Waals surface area contributed by atoms with Crippen molar-refractivity contribution in [2.45, 2.75) is 0 Å². The number of rotatable bonds is 7. The second-order valence-electron chi connectivity index (χ2n) is 14.0. The lowest BCUT2D eigenvalue weighted by atomic mass is 9.90. The number of para-hydroxylation sites is 1. The molecule has 55 heavy (non-hydrogen) atoms. The molecule has 0 radical (unpaired) electrons. The van der Waals surface area contributed by atoms with E-state index in [2.05, 4.69) is 229 Å². The van der Waals surface area contributed by atoms with Crippen LogP contribution in [-0.2, 0) is 0 Å². The molecule has 1 heteroatoms. The number of hydrogen-bond donors (Lipinski definition) is 0. The maximum absolute atomic E-state index is 2.47. The van der Waals surface area contributed by atoms with E-state index in [1.165, 1.54) is 76.8 Å². The van der Waals surface area contributed by atoms with Crippen LogP contribution in [0.3, 0.4) is 0 Å². The van der Waals surface area contributed by atoms with Gasteiger partial charge in [-0.15, -0.1) is 0 Å². The third kappa shape index (κ3) is 5.84. The number of benzene rings is 10. The molecule has 258 valence electrons. The SMILES string of the molecule is c1ccc(-c2cccc(N(c3ccc(-c4cccc5ccccc45)cc3)c3ccccc3-c3cc4ccccc4c4ccccc34)c2-c2ccccc2)cc1. The molecular formula is C54H37N. The van der Waals surface area contributed by atoms with E-state index in [-0.39, 0.29) is 0 Å². The molecule has 0 aliphatic heterocycles. The summed E-state index contributed by atoms with van der Waals surface area (Å²) in [4.78, 5) is 2.47. The maximum atomic E-state index is 2.47. The van der Waals surface area contributed by atoms with Crippen molar-refractivity contribution in [1.29, 1.82) is 0 Å². The summed E-state index contributed by atoms with van der Waals surface area (Å²) in [6.45, 7) is 0. The Kier molecular flexibility index (Phi) is 8.24. The van der Waals surface area contributed by atoms with Crippen LogP contribution in [0.4, 0.5) is 17.1 Å². The van der Waals surface area contributed by atoms with Crippen LogP contribution in [0.2, 0.25) is 0 Å². The zero-order valence-corrected chi connectivity index (χ0v) is 30.3. The largest absolute Gasteiger partial charge is 0.309 e. The smallest absolute Gasteiger partial charge is 0.0546 e. The summed E-state index contributed by atoms with van der Waals surface area (Å²) in [5.74, 6) is 0. The summed E-state index contributed by atoms with van der Waals surface area (Å²) < 4.78 is 0. The minimum atomic E-state index is 1.09. The molecule has 0 unspecified atom stereocenters. The van der Waals surface area contributed by atoms with Gasteiger partial charge in [-0.1, -0.05) is 194 Å². The van der Waals surface area contributed by atoms with Crippen molar-refractivity contribution in [3.8, 4) is 44.5 Å². The lowest BCUT2D eigenvalue weighted by Gasteiger charge is -2.31. The number of nitrogens with zero attached hydrogens (tertiary/aromatic N) is 1. The van der Waals surface area contributed by atoms with E-state index in [0.29, 0.717) is 0 Å². The molecule has 0 atom stereocenters. The van der Waals surface area contributed by atoms with Crippen LogP contribution >= 0.6 is 0 Å². The fourth-order valence-electron chi connectivity index (χ4n) is 8.34. The Hall–Kier alpha value is -7.22. The summed E-state index contributed by atoms with van der Waals surface area (Å²) in [7, 11) is 0. The van der Waals surface area contributed by atoms with E-state index in [4.69, 9.17) is 0 Å². The molecule has 0 heterocycles. The van der Waals surface area contributed by atoms with E-state index in [1.54, 1.807) is 0 Å². The molecule has 1 nitrogen and oxygen atoms in total. The highest BCUT2D eigenvalue weighted by atomic mass is 15.1. The Morgan fingerprint density at radius 1 is 0.255 bits per heavy atom. The number of fused-ring (bicyclic) bond motifs is 4. The van der Waals surface area contributed by atoms with Crippen LogP contribution < -0.4 is 4.90 Å². The first-order chi connectivity index (χ1) is 27.3. The first-order valence-electron chi connectivity index (χ1n) is 18.9. The van der Waals surface area contributed by atoms with E-state index in [9.17, 15) is 0 Å². The summed E-state index contributed by atoms with van der Waals surface area (Å²) in [5.41, 5.74) is 12.8. The van der Waals surface area contributed by atoms with Crippen molar-refractivity contribution in [2.75, 3.05) is 4.90 Å². The first-order valence-corrected chi connectivity index (χ1v) is 18.9. The monoisotopic (exact) mass is 699 g/mol. The highest BCUT2D eigenvalue weighted by Crippen LogP contribution is 2.49. The maximum Gasteiger partial charge on any atom is 0.0546 e. The fraction of sp³-hybridized carbons (Fsp3) is 0. The average molecular weight is 700 g/mol. The Morgan fingerprint density at radius 3 is 1.55 bits per heavy atom. The normalized spacial score (nSPS) is 11.3. The lowest BCUT2D eigenvalue weighted by molar-refractivity contribution is 1.28. The minimum Gasteiger partial charge on any atom is -0.309 e. The number of hydrogen-bond acceptors (Lipinski definition) is 1. The van der Waals surface area contributed by atoms with E-state index in [1.807, 2.05) is 0 Å². The third-order valence-corrected chi connectivity index (χ3v) is 10.9. The predicted molar refractivity (Wildman–Crippen MR) is 235 cm³/mol. The van der Waals surface area contributed by atoms with E-state index in [0.717, 1.165) is 17.1 Å². The average Bonchev–Trinajstić information content (AvgIpc) is 3.27. The van der Waals surface area contributed by atoms with Crippen LogP contribution in [-0.4, -0.2) is 0 Å². The van der Waals surface area contributed by atoms with Crippen molar-refractivity contribution < 1.29 is 0 Å². The molecule has 10 rings (SSSR count). The van der Waals surface area contributed by atoms with Gasteiger partial charge in [0.1, 0.15) is 0 Å². The van der Waals surface area contributed by atoms with Gasteiger partial charge in [0.25, 0.3) is 0 Å². The van der Waals surface area contributed by atoms with Gasteiger partial charge in [-0.2, -0.15) is 0 Å². The van der Waals surface area contributed by atoms with Gasteiger partial charge >= 0.3 is 0 Å². The van der Waals surface area contributed by atoms with Gasteiger partial charge in [-0.3, -0.25) is 0 Å². The van der Waals surface area contributed by atoms with Crippen molar-refractivity contribution in [3.63, 3.8) is 0 Å². The Morgan fingerprint density at radius 2 is 0.764 bits per heavy atom. The Labute approximate surface area is 322 Å². The van der Waals surface area contributed by atoms with Crippen molar-refractivity contribution in [2.24, 2.45) is 0 Å². The van der Waals surface area contributed by atoms with Gasteiger partial charge in [0.05, 0.1) is 11.4 Å². The molecular weight excluding hydrogens is 663 g/mol. The molecule has 0 aromatic heterocycles.